The standard InChI is InChI=1S/C85H88S11/c1-7-12-17-20-25-60-50-51-86-81(60)72-45-40-68(88-72)69-42-49-76(90-69)85-64(27-22-19-14-9-3)55-80(96-85)78-53-62(24-16-11-5)83(94-78)74-48-44-71(92-74)70-43-47-73(91-70)82-61(23-15-10-4)52-77(93-82)79-54-63(26-21-18-13-8-2)84(95-79)75-46-41-67(89-75)66-39-38-65(87-66)59-36-34-58(35-37-59)33-32-57-30-28-56(6)29-31-57/h28-55H,7-27H2,1-6H3. The van der Waals surface area contributed by atoms with Crippen molar-refractivity contribution in [2.24, 2.45) is 0 Å². The van der Waals surface area contributed by atoms with E-state index < -0.39 is 0 Å². The van der Waals surface area contributed by atoms with E-state index in [1.54, 1.807) is 0 Å². The minimum atomic E-state index is 1.11. The van der Waals surface area contributed by atoms with Crippen molar-refractivity contribution in [3.63, 3.8) is 0 Å². The van der Waals surface area contributed by atoms with Gasteiger partial charge in [-0.25, -0.2) is 0 Å². The minimum Gasteiger partial charge on any atom is -0.143 e. The highest BCUT2D eigenvalue weighted by Gasteiger charge is 2.24. The lowest BCUT2D eigenvalue weighted by Crippen LogP contribution is -1.85. The van der Waals surface area contributed by atoms with Gasteiger partial charge in [-0.2, -0.15) is 0 Å². The molecule has 0 spiro atoms. The van der Waals surface area contributed by atoms with Gasteiger partial charge in [-0.15, -0.1) is 125 Å². The molecule has 0 fully saturated rings. The summed E-state index contributed by atoms with van der Waals surface area (Å²) in [5.74, 6) is 0. The number of hydrogen-bond acceptors (Lipinski definition) is 11. The van der Waals surface area contributed by atoms with E-state index in [4.69, 9.17) is 0 Å². The van der Waals surface area contributed by atoms with E-state index in [0.29, 0.717) is 0 Å². The second kappa shape index (κ2) is 33.8. The van der Waals surface area contributed by atoms with Gasteiger partial charge in [-0.05, 0) is 224 Å². The Kier molecular flexibility index (Phi) is 24.4. The average molecular weight is 1460 g/mol. The van der Waals surface area contributed by atoms with Crippen LogP contribution in [0.1, 0.15) is 182 Å². The van der Waals surface area contributed by atoms with E-state index in [0.717, 1.165) is 25.7 Å². The van der Waals surface area contributed by atoms with Crippen molar-refractivity contribution in [2.45, 2.75) is 176 Å². The molecule has 0 atom stereocenters. The van der Waals surface area contributed by atoms with Gasteiger partial charge in [0.15, 0.2) is 0 Å². The predicted octanol–water partition coefficient (Wildman–Crippen LogP) is 32.2. The van der Waals surface area contributed by atoms with Gasteiger partial charge < -0.3 is 0 Å². The van der Waals surface area contributed by atoms with Gasteiger partial charge in [0.05, 0.1) is 0 Å². The zero-order valence-corrected chi connectivity index (χ0v) is 65.5. The maximum absolute atomic E-state index is 2.59. The third kappa shape index (κ3) is 16.8. The first kappa shape index (κ1) is 69.4. The van der Waals surface area contributed by atoms with Crippen molar-refractivity contribution in [3.05, 3.63) is 202 Å². The minimum absolute atomic E-state index is 1.11. The van der Waals surface area contributed by atoms with Crippen LogP contribution in [-0.2, 0) is 32.1 Å². The Labute approximate surface area is 616 Å². The fraction of sp³-hybridized carbons (Fsp3) is 0.318. The number of aryl methyl sites for hydroxylation is 6. The third-order valence-electron chi connectivity index (χ3n) is 18.2. The normalized spacial score (nSPS) is 11.9. The number of hydrogen-bond donors (Lipinski definition) is 0. The van der Waals surface area contributed by atoms with Crippen LogP contribution in [0.3, 0.4) is 0 Å². The molecule has 11 heterocycles. The Balaban J connectivity index is 0.738. The summed E-state index contributed by atoms with van der Waals surface area (Å²) in [6, 6.07) is 59.1. The van der Waals surface area contributed by atoms with Gasteiger partial charge in [0.2, 0.25) is 0 Å². The van der Waals surface area contributed by atoms with E-state index in [1.807, 2.05) is 125 Å². The molecule has 13 rings (SSSR count). The van der Waals surface area contributed by atoms with Crippen molar-refractivity contribution < 1.29 is 0 Å². The van der Waals surface area contributed by atoms with Gasteiger partial charge in [-0.3, -0.25) is 0 Å². The molecule has 11 heteroatoms. The Hall–Kier alpha value is -5.12. The molecular weight excluding hydrogens is 1370 g/mol. The van der Waals surface area contributed by atoms with Gasteiger partial charge in [0, 0.05) is 102 Å². The SMILES string of the molecule is CCCCCCc1ccsc1-c1ccc(-c2ccc(-c3sc(-c4cc(CCCC)c(-c5ccc(-c6ccc(-c7sc(-c8cc(CCCCCC)c(-c9ccc(-c%10ccc(-c%11ccc(C=Cc%12ccc(C)cc%12)cc%11)s%10)s9)s8)cc7CCCC)s6)s5)s4)cc3CCCCCC)s2)s1. The maximum atomic E-state index is 2.59. The maximum Gasteiger partial charge on any atom is 0.0481 e. The lowest BCUT2D eigenvalue weighted by molar-refractivity contribution is 0.668. The first-order valence-corrected chi connectivity index (χ1v) is 44.3. The van der Waals surface area contributed by atoms with Crippen LogP contribution in [0.25, 0.3) is 120 Å². The average Bonchev–Trinajstić information content (AvgIpc) is 1.64. The Bertz CT molecular complexity index is 4600. The molecule has 0 radical (unpaired) electrons. The summed E-state index contributed by atoms with van der Waals surface area (Å²) in [5, 5.41) is 2.30. The lowest BCUT2D eigenvalue weighted by Gasteiger charge is -2.02. The van der Waals surface area contributed by atoms with Crippen LogP contribution in [0.5, 0.6) is 0 Å². The van der Waals surface area contributed by atoms with Gasteiger partial charge >= 0.3 is 0 Å². The first-order valence-electron chi connectivity index (χ1n) is 35.3. The van der Waals surface area contributed by atoms with Gasteiger partial charge in [0.25, 0.3) is 0 Å². The second-order valence-corrected chi connectivity index (χ2v) is 37.3. The largest absolute Gasteiger partial charge is 0.143 e. The Morgan fingerprint density at radius 1 is 0.240 bits per heavy atom. The third-order valence-corrected chi connectivity index (χ3v) is 32.3. The molecule has 11 aromatic heterocycles. The van der Waals surface area contributed by atoms with Gasteiger partial charge in [0.1, 0.15) is 0 Å². The topological polar surface area (TPSA) is 0 Å². The van der Waals surface area contributed by atoms with E-state index in [9.17, 15) is 0 Å². The van der Waals surface area contributed by atoms with Crippen LogP contribution in [0.4, 0.5) is 0 Å². The highest BCUT2D eigenvalue weighted by Crippen LogP contribution is 2.53. The van der Waals surface area contributed by atoms with Crippen molar-refractivity contribution in [3.8, 4) is 108 Å². The second-order valence-electron chi connectivity index (χ2n) is 25.6. The van der Waals surface area contributed by atoms with Crippen molar-refractivity contribution >= 4 is 137 Å². The zero-order valence-electron chi connectivity index (χ0n) is 56.5. The predicted molar refractivity (Wildman–Crippen MR) is 444 cm³/mol. The number of thiophene rings is 11. The molecule has 0 N–H and O–H groups in total. The molecule has 0 aliphatic rings. The molecule has 0 unspecified atom stereocenters. The summed E-state index contributed by atoms with van der Waals surface area (Å²) in [6.07, 6.45) is 30.3. The van der Waals surface area contributed by atoms with E-state index >= 15 is 0 Å². The summed E-state index contributed by atoms with van der Waals surface area (Å²) in [6.45, 7) is 13.8. The molecule has 494 valence electrons. The van der Waals surface area contributed by atoms with Crippen LogP contribution in [-0.4, -0.2) is 0 Å². The Morgan fingerprint density at radius 2 is 0.531 bits per heavy atom. The van der Waals surface area contributed by atoms with Gasteiger partial charge in [-0.1, -0.05) is 171 Å². The molecule has 96 heavy (non-hydrogen) atoms. The van der Waals surface area contributed by atoms with E-state index in [-0.39, 0.29) is 0 Å². The highest BCUT2D eigenvalue weighted by molar-refractivity contribution is 7.33. The number of benzene rings is 2. The van der Waals surface area contributed by atoms with Crippen molar-refractivity contribution in [1.29, 1.82) is 0 Å². The number of unbranched alkanes of at least 4 members (excludes halogenated alkanes) is 11. The molecule has 0 saturated carbocycles. The molecule has 0 saturated heterocycles. The summed E-state index contributed by atoms with van der Waals surface area (Å²) < 4.78 is 0. The van der Waals surface area contributed by atoms with Crippen LogP contribution in [0, 0.1) is 6.92 Å². The molecular formula is C85H88S11. The molecule has 0 bridgehead atoms. The lowest BCUT2D eigenvalue weighted by atomic mass is 10.1. The van der Waals surface area contributed by atoms with Crippen molar-refractivity contribution in [1.82, 2.24) is 0 Å². The molecule has 13 aromatic rings. The smallest absolute Gasteiger partial charge is 0.0481 e. The molecule has 0 amide bonds. The van der Waals surface area contributed by atoms with E-state index in [1.165, 1.54) is 262 Å². The zero-order chi connectivity index (χ0) is 65.7. The fourth-order valence-electron chi connectivity index (χ4n) is 12.7. The first-order chi connectivity index (χ1) is 47.2. The summed E-state index contributed by atoms with van der Waals surface area (Å²) in [5.41, 5.74) is 12.6. The molecule has 0 aliphatic carbocycles. The fourth-order valence-corrected chi connectivity index (χ4v) is 25.7. The number of rotatable bonds is 34. The molecule has 2 aromatic carbocycles. The van der Waals surface area contributed by atoms with Crippen LogP contribution in [0.15, 0.2) is 157 Å². The van der Waals surface area contributed by atoms with Crippen molar-refractivity contribution in [2.75, 3.05) is 0 Å². The monoisotopic (exact) mass is 1460 g/mol. The summed E-state index contributed by atoms with van der Waals surface area (Å²) in [4.78, 5) is 29.7. The van der Waals surface area contributed by atoms with Crippen LogP contribution in [0.2, 0.25) is 0 Å². The summed E-state index contributed by atoms with van der Waals surface area (Å²) >= 11 is 21.9. The molecule has 0 aliphatic heterocycles. The van der Waals surface area contributed by atoms with Crippen LogP contribution >= 0.6 is 125 Å². The summed E-state index contributed by atoms with van der Waals surface area (Å²) in [7, 11) is 0. The van der Waals surface area contributed by atoms with Crippen LogP contribution < -0.4 is 0 Å². The quantitative estimate of drug-likeness (QED) is 0.0279. The molecule has 0 nitrogen and oxygen atoms in total. The van der Waals surface area contributed by atoms with E-state index in [2.05, 4.69) is 211 Å². The highest BCUT2D eigenvalue weighted by atomic mass is 32.1. The Morgan fingerprint density at radius 3 is 0.885 bits per heavy atom.